The van der Waals surface area contributed by atoms with E-state index in [1.54, 1.807) is 0 Å². The first kappa shape index (κ1) is 107. The molecule has 0 aliphatic rings. The maximum Gasteiger partial charge on any atom is 0.472 e. The van der Waals surface area contributed by atoms with E-state index in [0.29, 0.717) is 25.7 Å². The third kappa shape index (κ3) is 83.8. The molecule has 0 spiro atoms. The number of carbonyl (C=O) groups excluding carboxylic acids is 4. The molecule has 0 amide bonds. The Labute approximate surface area is 670 Å². The number of esters is 4. The molecule has 0 aromatic heterocycles. The molecule has 0 aromatic carbocycles. The van der Waals surface area contributed by atoms with Crippen LogP contribution in [-0.4, -0.2) is 96.7 Å². The molecule has 17 nitrogen and oxygen atoms in total. The average molecular weight is 1590 g/mol. The van der Waals surface area contributed by atoms with E-state index in [-0.39, 0.29) is 25.7 Å². The number of hydrogen-bond donors (Lipinski definition) is 3. The molecule has 0 radical (unpaired) electrons. The Balaban J connectivity index is 5.24. The Bertz CT molecular complexity index is 2100. The largest absolute Gasteiger partial charge is 0.472 e. The highest BCUT2D eigenvalue weighted by atomic mass is 31.2. The van der Waals surface area contributed by atoms with Crippen molar-refractivity contribution in [3.63, 3.8) is 0 Å². The molecule has 648 valence electrons. The maximum atomic E-state index is 13.2. The number of phosphoric ester groups is 2. The van der Waals surface area contributed by atoms with Gasteiger partial charge in [-0.3, -0.25) is 37.3 Å². The summed E-state index contributed by atoms with van der Waals surface area (Å²) in [6, 6.07) is 0. The van der Waals surface area contributed by atoms with Crippen molar-refractivity contribution < 1.29 is 80.2 Å². The van der Waals surface area contributed by atoms with Crippen LogP contribution in [0.2, 0.25) is 0 Å². The zero-order valence-electron chi connectivity index (χ0n) is 72.0. The monoisotopic (exact) mass is 1590 g/mol. The second-order valence-corrected chi connectivity index (χ2v) is 36.7. The maximum absolute atomic E-state index is 13.2. The lowest BCUT2D eigenvalue weighted by molar-refractivity contribution is -0.161. The molecule has 0 fully saturated rings. The Kier molecular flexibility index (Phi) is 78.5. The zero-order chi connectivity index (χ0) is 80.0. The van der Waals surface area contributed by atoms with Crippen LogP contribution in [0.4, 0.5) is 0 Å². The van der Waals surface area contributed by atoms with Crippen molar-refractivity contribution in [3.05, 3.63) is 0 Å². The predicted molar refractivity (Wildman–Crippen MR) is 451 cm³/mol. The molecule has 3 N–H and O–H groups in total. The second-order valence-electron chi connectivity index (χ2n) is 33.8. The van der Waals surface area contributed by atoms with Crippen molar-refractivity contribution in [1.29, 1.82) is 0 Å². The molecule has 19 heteroatoms. The van der Waals surface area contributed by atoms with Crippen LogP contribution >= 0.6 is 15.6 Å². The minimum absolute atomic E-state index is 0.108. The lowest BCUT2D eigenvalue weighted by Gasteiger charge is -2.21. The fourth-order valence-corrected chi connectivity index (χ4v) is 15.7. The molecule has 0 bridgehead atoms. The van der Waals surface area contributed by atoms with Crippen molar-refractivity contribution in [2.75, 3.05) is 39.6 Å². The minimum Gasteiger partial charge on any atom is -0.462 e. The summed E-state index contributed by atoms with van der Waals surface area (Å²) in [5, 5.41) is 10.7. The van der Waals surface area contributed by atoms with E-state index in [4.69, 9.17) is 37.0 Å². The molecule has 0 rings (SSSR count). The fourth-order valence-electron chi connectivity index (χ4n) is 14.1. The van der Waals surface area contributed by atoms with Gasteiger partial charge in [-0.05, 0) is 43.4 Å². The van der Waals surface area contributed by atoms with Crippen molar-refractivity contribution in [2.45, 2.75) is 497 Å². The van der Waals surface area contributed by atoms with E-state index in [1.807, 2.05) is 0 Å². The second kappa shape index (κ2) is 79.9. The highest BCUT2D eigenvalue weighted by Gasteiger charge is 2.31. The van der Waals surface area contributed by atoms with Gasteiger partial charge >= 0.3 is 39.5 Å². The Morgan fingerprint density at radius 3 is 0.624 bits per heavy atom. The molecule has 0 aliphatic heterocycles. The van der Waals surface area contributed by atoms with Crippen LogP contribution in [-0.2, 0) is 65.4 Å². The van der Waals surface area contributed by atoms with E-state index in [0.717, 1.165) is 108 Å². The van der Waals surface area contributed by atoms with Crippen molar-refractivity contribution in [1.82, 2.24) is 0 Å². The highest BCUT2D eigenvalue weighted by Crippen LogP contribution is 2.45. The first-order chi connectivity index (χ1) is 52.7. The van der Waals surface area contributed by atoms with Crippen LogP contribution in [0.25, 0.3) is 0 Å². The smallest absolute Gasteiger partial charge is 0.462 e. The number of rotatable bonds is 88. The fraction of sp³-hybridized carbons (Fsp3) is 0.956. The molecule has 0 saturated carbocycles. The number of aliphatic hydroxyl groups is 1. The summed E-state index contributed by atoms with van der Waals surface area (Å²) in [5.41, 5.74) is 0. The van der Waals surface area contributed by atoms with Gasteiger partial charge in [0.05, 0.1) is 26.4 Å². The van der Waals surface area contributed by atoms with E-state index in [1.165, 1.54) is 289 Å². The van der Waals surface area contributed by atoms with Gasteiger partial charge in [0.1, 0.15) is 19.3 Å². The van der Waals surface area contributed by atoms with E-state index < -0.39 is 97.5 Å². The van der Waals surface area contributed by atoms with Gasteiger partial charge in [-0.2, -0.15) is 0 Å². The van der Waals surface area contributed by atoms with Gasteiger partial charge in [0.2, 0.25) is 0 Å². The molecular weight excluding hydrogens is 1410 g/mol. The van der Waals surface area contributed by atoms with E-state index in [2.05, 4.69) is 48.5 Å². The summed E-state index contributed by atoms with van der Waals surface area (Å²) in [4.78, 5) is 73.4. The van der Waals surface area contributed by atoms with Crippen LogP contribution in [0.3, 0.4) is 0 Å². The topological polar surface area (TPSA) is 237 Å². The molecule has 109 heavy (non-hydrogen) atoms. The summed E-state index contributed by atoms with van der Waals surface area (Å²) in [5.74, 6) is 0.248. The summed E-state index contributed by atoms with van der Waals surface area (Å²) in [6.45, 7) is 12.0. The van der Waals surface area contributed by atoms with Crippen molar-refractivity contribution in [2.24, 2.45) is 17.8 Å². The van der Waals surface area contributed by atoms with E-state index in [9.17, 15) is 43.2 Å². The number of aliphatic hydroxyl groups excluding tert-OH is 1. The van der Waals surface area contributed by atoms with Gasteiger partial charge in [0, 0.05) is 25.7 Å². The van der Waals surface area contributed by atoms with Crippen LogP contribution in [0.5, 0.6) is 0 Å². The summed E-state index contributed by atoms with van der Waals surface area (Å²) < 4.78 is 69.0. The number of unbranched alkanes of at least 4 members (excludes halogenated alkanes) is 56. The van der Waals surface area contributed by atoms with Crippen LogP contribution in [0.1, 0.15) is 479 Å². The van der Waals surface area contributed by atoms with Crippen molar-refractivity contribution >= 4 is 39.5 Å². The first-order valence-electron chi connectivity index (χ1n) is 46.3. The molecule has 0 aromatic rings. The number of carbonyl (C=O) groups is 4. The van der Waals surface area contributed by atoms with Gasteiger partial charge in [0.15, 0.2) is 12.2 Å². The molecule has 0 saturated heterocycles. The summed E-state index contributed by atoms with van der Waals surface area (Å²) in [7, 11) is -9.94. The third-order valence-corrected chi connectivity index (χ3v) is 23.0. The van der Waals surface area contributed by atoms with Gasteiger partial charge in [0.25, 0.3) is 0 Å². The first-order valence-corrected chi connectivity index (χ1v) is 49.3. The van der Waals surface area contributed by atoms with Crippen LogP contribution < -0.4 is 0 Å². The lowest BCUT2D eigenvalue weighted by Crippen LogP contribution is -2.30. The third-order valence-electron chi connectivity index (χ3n) is 21.1. The lowest BCUT2D eigenvalue weighted by atomic mass is 10.0. The van der Waals surface area contributed by atoms with Gasteiger partial charge in [-0.1, -0.05) is 427 Å². The SMILES string of the molecule is CCCCCCCCCCCCCCCCCCCCCCC(=O)O[C@H](COC(=O)CCCCCCCCCCCCCCCCCCC(C)C)COP(=O)(O)OC[C@@H](O)COP(=O)(O)OC[C@@H](COC(=O)CCCCCCCCCCC(C)C)OC(=O)CCCCCCCCCCCCCCCCCCC(C)C. The highest BCUT2D eigenvalue weighted by molar-refractivity contribution is 7.47. The molecule has 0 aliphatic carbocycles. The van der Waals surface area contributed by atoms with Gasteiger partial charge in [-0.25, -0.2) is 9.13 Å². The van der Waals surface area contributed by atoms with Gasteiger partial charge < -0.3 is 33.8 Å². The molecule has 0 heterocycles. The molecule has 5 atom stereocenters. The summed E-state index contributed by atoms with van der Waals surface area (Å²) in [6.07, 6.45) is 72.3. The van der Waals surface area contributed by atoms with Crippen LogP contribution in [0.15, 0.2) is 0 Å². The van der Waals surface area contributed by atoms with Crippen molar-refractivity contribution in [3.8, 4) is 0 Å². The van der Waals surface area contributed by atoms with E-state index >= 15 is 0 Å². The number of phosphoric acid groups is 2. The average Bonchev–Trinajstić information content (AvgIpc) is 0.898. The number of hydrogen-bond acceptors (Lipinski definition) is 15. The standard InChI is InChI=1S/C90H176O17P2/c1-8-9-10-11-12-13-14-15-16-17-18-19-20-28-33-38-43-52-59-66-73-89(94)106-85(77-100-87(92)71-64-57-50-42-37-32-27-23-21-25-30-35-40-47-54-61-68-81(2)3)79-104-108(96,97)102-75-84(91)76-103-109(98,99)105-80-86(78-101-88(93)72-65-58-51-46-45-49-56-63-70-83(6)7)107-90(95)74-67-60-53-44-39-34-29-24-22-26-31-36-41-48-55-62-69-82(4)5/h81-86,91H,8-80H2,1-7H3,(H,96,97)(H,98,99)/t84-,85-,86-/m1/s1. The summed E-state index contributed by atoms with van der Waals surface area (Å²) >= 11 is 0. The molecule has 2 unspecified atom stereocenters. The van der Waals surface area contributed by atoms with Crippen LogP contribution in [0, 0.1) is 17.8 Å². The number of ether oxygens (including phenoxy) is 4. The Hall–Kier alpha value is -1.94. The Morgan fingerprint density at radius 2 is 0.422 bits per heavy atom. The molecular formula is C90H176O17P2. The minimum atomic E-state index is -4.97. The van der Waals surface area contributed by atoms with Gasteiger partial charge in [-0.15, -0.1) is 0 Å². The quantitative estimate of drug-likeness (QED) is 0.0222. The Morgan fingerprint density at radius 1 is 0.248 bits per heavy atom. The zero-order valence-corrected chi connectivity index (χ0v) is 73.8. The normalized spacial score (nSPS) is 13.8. The predicted octanol–water partition coefficient (Wildman–Crippen LogP) is 27.6.